The first-order chi connectivity index (χ1) is 6.62. The molecule has 0 aromatic heterocycles. The fourth-order valence-electron chi connectivity index (χ4n) is 2.20. The summed E-state index contributed by atoms with van der Waals surface area (Å²) in [5.74, 6) is -1.33. The first-order valence-corrected chi connectivity index (χ1v) is 4.74. The third-order valence-electron chi connectivity index (χ3n) is 3.15. The van der Waals surface area contributed by atoms with E-state index in [9.17, 15) is 9.59 Å². The number of carboxylic acids is 1. The van der Waals surface area contributed by atoms with Crippen LogP contribution in [0, 0.1) is 11.3 Å². The lowest BCUT2D eigenvalue weighted by Gasteiger charge is -2.36. The molecule has 0 unspecified atom stereocenters. The van der Waals surface area contributed by atoms with Crippen molar-refractivity contribution in [1.82, 2.24) is 5.32 Å². The minimum atomic E-state index is -0.872. The molecule has 5 heteroatoms. The first-order valence-electron chi connectivity index (χ1n) is 4.74. The van der Waals surface area contributed by atoms with Crippen molar-refractivity contribution < 1.29 is 19.4 Å². The van der Waals surface area contributed by atoms with Gasteiger partial charge in [0.15, 0.2) is 0 Å². The lowest BCUT2D eigenvalue weighted by Crippen LogP contribution is -2.60. The standard InChI is InChI=1S/C9H13NO4/c1-2-14-8(13)5-3-9(5)4-10-6(9)7(11)12/h5-6,10H,2-4H2,1H3,(H,11,12)/t5-,6-,9-/m1/s1. The Balaban J connectivity index is 1.97. The average Bonchev–Trinajstić information content (AvgIpc) is 2.77. The van der Waals surface area contributed by atoms with Gasteiger partial charge in [-0.3, -0.25) is 9.59 Å². The van der Waals surface area contributed by atoms with Crippen LogP contribution in [0.5, 0.6) is 0 Å². The maximum absolute atomic E-state index is 11.3. The number of aliphatic carboxylic acids is 1. The maximum atomic E-state index is 11.3. The molecule has 2 rings (SSSR count). The highest BCUT2D eigenvalue weighted by molar-refractivity contribution is 5.84. The van der Waals surface area contributed by atoms with Gasteiger partial charge in [-0.05, 0) is 13.3 Å². The number of ether oxygens (including phenoxy) is 1. The summed E-state index contributed by atoms with van der Waals surface area (Å²) >= 11 is 0. The van der Waals surface area contributed by atoms with Crippen molar-refractivity contribution in [1.29, 1.82) is 0 Å². The van der Waals surface area contributed by atoms with E-state index in [2.05, 4.69) is 5.32 Å². The normalized spacial score (nSPS) is 38.9. The summed E-state index contributed by atoms with van der Waals surface area (Å²) in [7, 11) is 0. The van der Waals surface area contributed by atoms with E-state index in [1.54, 1.807) is 6.92 Å². The highest BCUT2D eigenvalue weighted by Crippen LogP contribution is 2.59. The first kappa shape index (κ1) is 9.45. The van der Waals surface area contributed by atoms with Crippen LogP contribution in [-0.4, -0.2) is 36.2 Å². The van der Waals surface area contributed by atoms with E-state index < -0.39 is 12.0 Å². The largest absolute Gasteiger partial charge is 0.480 e. The molecule has 2 N–H and O–H groups in total. The molecule has 1 saturated heterocycles. The Morgan fingerprint density at radius 2 is 2.36 bits per heavy atom. The molecule has 1 saturated carbocycles. The van der Waals surface area contributed by atoms with Crippen molar-refractivity contribution in [2.45, 2.75) is 19.4 Å². The van der Waals surface area contributed by atoms with Gasteiger partial charge >= 0.3 is 11.9 Å². The number of carbonyl (C=O) groups excluding carboxylic acids is 1. The lowest BCUT2D eigenvalue weighted by atomic mass is 9.85. The number of carboxylic acid groups (broad SMARTS) is 1. The van der Waals surface area contributed by atoms with Gasteiger partial charge in [0.1, 0.15) is 6.04 Å². The lowest BCUT2D eigenvalue weighted by molar-refractivity contribution is -0.149. The SMILES string of the molecule is CCOC(=O)[C@H]1C[C@@]12CN[C@@H]2C(=O)O. The molecule has 1 aliphatic carbocycles. The molecule has 78 valence electrons. The van der Waals surface area contributed by atoms with Crippen LogP contribution >= 0.6 is 0 Å². The van der Waals surface area contributed by atoms with Gasteiger partial charge < -0.3 is 15.2 Å². The summed E-state index contributed by atoms with van der Waals surface area (Å²) < 4.78 is 4.87. The van der Waals surface area contributed by atoms with Crippen LogP contribution in [0.15, 0.2) is 0 Å². The predicted octanol–water partition coefficient (Wildman–Crippen LogP) is -0.388. The Morgan fingerprint density at radius 3 is 2.79 bits per heavy atom. The molecule has 0 aromatic carbocycles. The number of esters is 1. The quantitative estimate of drug-likeness (QED) is 0.605. The van der Waals surface area contributed by atoms with E-state index in [1.807, 2.05) is 0 Å². The molecule has 1 aliphatic heterocycles. The molecule has 1 heterocycles. The molecule has 1 spiro atoms. The number of carbonyl (C=O) groups is 2. The molecule has 5 nitrogen and oxygen atoms in total. The third-order valence-corrected chi connectivity index (χ3v) is 3.15. The minimum absolute atomic E-state index is 0.204. The van der Waals surface area contributed by atoms with Gasteiger partial charge in [0.2, 0.25) is 0 Å². The molecule has 0 radical (unpaired) electrons. The van der Waals surface area contributed by atoms with Crippen LogP contribution in [0.25, 0.3) is 0 Å². The second-order valence-corrected chi connectivity index (χ2v) is 3.89. The second-order valence-electron chi connectivity index (χ2n) is 3.89. The van der Waals surface area contributed by atoms with E-state index >= 15 is 0 Å². The van der Waals surface area contributed by atoms with E-state index in [-0.39, 0.29) is 17.3 Å². The average molecular weight is 199 g/mol. The van der Waals surface area contributed by atoms with Crippen LogP contribution in [0.1, 0.15) is 13.3 Å². The van der Waals surface area contributed by atoms with E-state index in [0.717, 1.165) is 0 Å². The van der Waals surface area contributed by atoms with Crippen molar-refractivity contribution in [3.05, 3.63) is 0 Å². The second kappa shape index (κ2) is 2.95. The predicted molar refractivity (Wildman–Crippen MR) is 46.6 cm³/mol. The Labute approximate surface area is 81.4 Å². The van der Waals surface area contributed by atoms with Crippen molar-refractivity contribution in [3.63, 3.8) is 0 Å². The molecule has 2 aliphatic rings. The monoisotopic (exact) mass is 199 g/mol. The Morgan fingerprint density at radius 1 is 1.64 bits per heavy atom. The molecule has 0 amide bonds. The number of hydrogen-bond acceptors (Lipinski definition) is 4. The molecular weight excluding hydrogens is 186 g/mol. The van der Waals surface area contributed by atoms with Gasteiger partial charge in [-0.15, -0.1) is 0 Å². The molecule has 14 heavy (non-hydrogen) atoms. The zero-order valence-electron chi connectivity index (χ0n) is 7.95. The molecule has 0 bridgehead atoms. The highest BCUT2D eigenvalue weighted by Gasteiger charge is 2.70. The summed E-state index contributed by atoms with van der Waals surface area (Å²) in [6.45, 7) is 2.73. The van der Waals surface area contributed by atoms with Gasteiger partial charge in [-0.25, -0.2) is 0 Å². The maximum Gasteiger partial charge on any atom is 0.321 e. The smallest absolute Gasteiger partial charge is 0.321 e. The van der Waals surface area contributed by atoms with Crippen LogP contribution < -0.4 is 5.32 Å². The Kier molecular flexibility index (Phi) is 1.99. The third kappa shape index (κ3) is 1.12. The topological polar surface area (TPSA) is 75.6 Å². The minimum Gasteiger partial charge on any atom is -0.480 e. The van der Waals surface area contributed by atoms with Crippen LogP contribution in [0.3, 0.4) is 0 Å². The van der Waals surface area contributed by atoms with E-state index in [1.165, 1.54) is 0 Å². The number of hydrogen-bond donors (Lipinski definition) is 2. The molecule has 0 aromatic rings. The van der Waals surface area contributed by atoms with Crippen molar-refractivity contribution >= 4 is 11.9 Å². The Bertz CT molecular complexity index is 291. The van der Waals surface area contributed by atoms with Gasteiger partial charge in [0.25, 0.3) is 0 Å². The molecule has 2 fully saturated rings. The summed E-state index contributed by atoms with van der Waals surface area (Å²) in [6, 6.07) is -0.558. The Hall–Kier alpha value is -1.10. The zero-order chi connectivity index (χ0) is 10.3. The number of nitrogens with one attached hydrogen (secondary N) is 1. The van der Waals surface area contributed by atoms with E-state index in [4.69, 9.17) is 9.84 Å². The number of rotatable bonds is 3. The van der Waals surface area contributed by atoms with Crippen LogP contribution in [-0.2, 0) is 14.3 Å². The molecular formula is C9H13NO4. The van der Waals surface area contributed by atoms with Crippen molar-refractivity contribution in [3.8, 4) is 0 Å². The van der Waals surface area contributed by atoms with Gasteiger partial charge in [-0.1, -0.05) is 0 Å². The summed E-state index contributed by atoms with van der Waals surface area (Å²) in [5, 5.41) is 11.6. The zero-order valence-corrected chi connectivity index (χ0v) is 7.95. The summed E-state index contributed by atoms with van der Waals surface area (Å²) in [4.78, 5) is 22.1. The summed E-state index contributed by atoms with van der Waals surface area (Å²) in [6.07, 6.45) is 0.649. The van der Waals surface area contributed by atoms with Crippen LogP contribution in [0.4, 0.5) is 0 Å². The molecule has 3 atom stereocenters. The summed E-state index contributed by atoms with van der Waals surface area (Å²) in [5.41, 5.74) is -0.335. The van der Waals surface area contributed by atoms with Gasteiger partial charge in [-0.2, -0.15) is 0 Å². The fourth-order valence-corrected chi connectivity index (χ4v) is 2.20. The van der Waals surface area contributed by atoms with Gasteiger partial charge in [0.05, 0.1) is 12.5 Å². The van der Waals surface area contributed by atoms with Crippen molar-refractivity contribution in [2.75, 3.05) is 13.2 Å². The fraction of sp³-hybridized carbons (Fsp3) is 0.778. The van der Waals surface area contributed by atoms with Crippen LogP contribution in [0.2, 0.25) is 0 Å². The van der Waals surface area contributed by atoms with E-state index in [0.29, 0.717) is 19.6 Å². The van der Waals surface area contributed by atoms with Gasteiger partial charge in [0, 0.05) is 12.0 Å². The highest BCUT2D eigenvalue weighted by atomic mass is 16.5. The van der Waals surface area contributed by atoms with Crippen molar-refractivity contribution in [2.24, 2.45) is 11.3 Å².